The van der Waals surface area contributed by atoms with Crippen LogP contribution in [0.1, 0.15) is 39.5 Å². The fraction of sp³-hybridized carbons (Fsp3) is 1.00. The molecule has 0 aromatic carbocycles. The average Bonchev–Trinajstić information content (AvgIpc) is 2.87. The predicted molar refractivity (Wildman–Crippen MR) is 80.2 cm³/mol. The van der Waals surface area contributed by atoms with Gasteiger partial charge in [-0.2, -0.15) is 11.8 Å². The number of methoxy groups -OCH3 is 1. The number of hydrogen-bond donors (Lipinski definition) is 2. The summed E-state index contributed by atoms with van der Waals surface area (Å²) in [7, 11) is 1.79. The molecule has 2 fully saturated rings. The lowest BCUT2D eigenvalue weighted by Gasteiger charge is -2.46. The number of hydrogen-bond acceptors (Lipinski definition) is 5. The van der Waals surface area contributed by atoms with Gasteiger partial charge in [0.15, 0.2) is 0 Å². The van der Waals surface area contributed by atoms with Gasteiger partial charge in [0.25, 0.3) is 0 Å². The maximum atomic E-state index is 6.10. The molecule has 0 amide bonds. The Labute approximate surface area is 121 Å². The van der Waals surface area contributed by atoms with Crippen molar-refractivity contribution in [1.29, 1.82) is 0 Å². The molecule has 2 heterocycles. The van der Waals surface area contributed by atoms with Crippen LogP contribution in [0.25, 0.3) is 0 Å². The van der Waals surface area contributed by atoms with Crippen LogP contribution in [0.15, 0.2) is 0 Å². The molecule has 5 heteroatoms. The van der Waals surface area contributed by atoms with Crippen molar-refractivity contribution in [1.82, 2.24) is 5.43 Å². The summed E-state index contributed by atoms with van der Waals surface area (Å²) in [5.74, 6) is 8.74. The first-order valence-corrected chi connectivity index (χ1v) is 8.47. The SMILES string of the molecule is CCC(C)(OC)C(NN)C1CCOC2(CCSC2)C1. The molecule has 2 rings (SSSR count). The third-order valence-electron chi connectivity index (χ3n) is 5.08. The van der Waals surface area contributed by atoms with Gasteiger partial charge in [0.2, 0.25) is 0 Å². The number of hydrazine groups is 1. The molecule has 3 N–H and O–H groups in total. The molecule has 0 aromatic rings. The minimum absolute atomic E-state index is 0.102. The molecule has 2 aliphatic heterocycles. The molecule has 19 heavy (non-hydrogen) atoms. The molecule has 4 atom stereocenters. The third kappa shape index (κ3) is 3.10. The Hall–Kier alpha value is 0.190. The van der Waals surface area contributed by atoms with Crippen molar-refractivity contribution in [3.63, 3.8) is 0 Å². The summed E-state index contributed by atoms with van der Waals surface area (Å²) in [6.45, 7) is 5.17. The van der Waals surface area contributed by atoms with Gasteiger partial charge in [-0.15, -0.1) is 0 Å². The standard InChI is InChI=1S/C14H28N2O2S/c1-4-13(2,17-3)12(16-15)11-5-7-18-14(9-11)6-8-19-10-14/h11-12,16H,4-10,15H2,1-3H3. The second kappa shape index (κ2) is 6.31. The summed E-state index contributed by atoms with van der Waals surface area (Å²) in [6.07, 6.45) is 4.31. The van der Waals surface area contributed by atoms with E-state index in [1.807, 2.05) is 11.8 Å². The molecule has 0 saturated carbocycles. The smallest absolute Gasteiger partial charge is 0.0816 e. The van der Waals surface area contributed by atoms with Gasteiger partial charge >= 0.3 is 0 Å². The molecule has 4 nitrogen and oxygen atoms in total. The summed E-state index contributed by atoms with van der Waals surface area (Å²) in [4.78, 5) is 0. The highest BCUT2D eigenvalue weighted by Gasteiger charge is 2.46. The predicted octanol–water partition coefficient (Wildman–Crippen LogP) is 1.94. The van der Waals surface area contributed by atoms with Crippen LogP contribution in [0, 0.1) is 5.92 Å². The number of nitrogens with one attached hydrogen (secondary N) is 1. The number of ether oxygens (including phenoxy) is 2. The van der Waals surface area contributed by atoms with Gasteiger partial charge in [-0.3, -0.25) is 11.3 Å². The van der Waals surface area contributed by atoms with E-state index in [0.717, 1.165) is 31.6 Å². The molecular formula is C14H28N2O2S. The first-order valence-electron chi connectivity index (χ1n) is 7.32. The summed E-state index contributed by atoms with van der Waals surface area (Å²) >= 11 is 2.01. The van der Waals surface area contributed by atoms with Gasteiger partial charge in [-0.05, 0) is 44.3 Å². The van der Waals surface area contributed by atoms with Gasteiger partial charge in [-0.1, -0.05) is 6.92 Å². The van der Waals surface area contributed by atoms with E-state index in [9.17, 15) is 0 Å². The van der Waals surface area contributed by atoms with Crippen LogP contribution in [-0.4, -0.2) is 42.5 Å². The van der Waals surface area contributed by atoms with Crippen LogP contribution in [-0.2, 0) is 9.47 Å². The molecular weight excluding hydrogens is 260 g/mol. The largest absolute Gasteiger partial charge is 0.377 e. The highest BCUT2D eigenvalue weighted by Crippen LogP contribution is 2.43. The minimum Gasteiger partial charge on any atom is -0.377 e. The number of rotatable bonds is 5. The van der Waals surface area contributed by atoms with Gasteiger partial charge in [-0.25, -0.2) is 0 Å². The fourth-order valence-corrected chi connectivity index (χ4v) is 4.89. The summed E-state index contributed by atoms with van der Waals surface area (Å²) in [5.41, 5.74) is 2.93. The van der Waals surface area contributed by atoms with Crippen LogP contribution in [0.2, 0.25) is 0 Å². The Morgan fingerprint density at radius 2 is 2.42 bits per heavy atom. The summed E-state index contributed by atoms with van der Waals surface area (Å²) in [6, 6.07) is 0.189. The molecule has 112 valence electrons. The Morgan fingerprint density at radius 1 is 1.63 bits per heavy atom. The van der Waals surface area contributed by atoms with E-state index in [-0.39, 0.29) is 17.2 Å². The second-order valence-electron chi connectivity index (χ2n) is 6.10. The zero-order valence-electron chi connectivity index (χ0n) is 12.4. The van der Waals surface area contributed by atoms with E-state index in [4.69, 9.17) is 15.3 Å². The summed E-state index contributed by atoms with van der Waals surface area (Å²) < 4.78 is 11.9. The van der Waals surface area contributed by atoms with E-state index in [0.29, 0.717) is 5.92 Å². The van der Waals surface area contributed by atoms with Crippen molar-refractivity contribution in [3.8, 4) is 0 Å². The quantitative estimate of drug-likeness (QED) is 0.598. The topological polar surface area (TPSA) is 56.5 Å². The lowest BCUT2D eigenvalue weighted by Crippen LogP contribution is -2.59. The van der Waals surface area contributed by atoms with E-state index in [1.165, 1.54) is 12.2 Å². The molecule has 0 aliphatic carbocycles. The van der Waals surface area contributed by atoms with Gasteiger partial charge in [0.05, 0.1) is 17.2 Å². The van der Waals surface area contributed by atoms with Crippen molar-refractivity contribution in [2.45, 2.75) is 56.8 Å². The van der Waals surface area contributed by atoms with Gasteiger partial charge < -0.3 is 9.47 Å². The third-order valence-corrected chi connectivity index (χ3v) is 6.30. The highest BCUT2D eigenvalue weighted by molar-refractivity contribution is 7.99. The fourth-order valence-electron chi connectivity index (χ4n) is 3.52. The Morgan fingerprint density at radius 3 is 2.95 bits per heavy atom. The van der Waals surface area contributed by atoms with Crippen molar-refractivity contribution < 1.29 is 9.47 Å². The van der Waals surface area contributed by atoms with Crippen LogP contribution in [0.4, 0.5) is 0 Å². The van der Waals surface area contributed by atoms with E-state index in [2.05, 4.69) is 19.3 Å². The van der Waals surface area contributed by atoms with Crippen molar-refractivity contribution in [2.24, 2.45) is 11.8 Å². The maximum absolute atomic E-state index is 6.10. The Kier molecular flexibility index (Phi) is 5.17. The van der Waals surface area contributed by atoms with E-state index in [1.54, 1.807) is 7.11 Å². The Bertz CT molecular complexity index is 291. The van der Waals surface area contributed by atoms with Crippen molar-refractivity contribution in [3.05, 3.63) is 0 Å². The van der Waals surface area contributed by atoms with Crippen LogP contribution < -0.4 is 11.3 Å². The van der Waals surface area contributed by atoms with Crippen LogP contribution in [0.5, 0.6) is 0 Å². The van der Waals surface area contributed by atoms with E-state index >= 15 is 0 Å². The molecule has 4 unspecified atom stereocenters. The van der Waals surface area contributed by atoms with E-state index < -0.39 is 0 Å². The average molecular weight is 288 g/mol. The molecule has 0 radical (unpaired) electrons. The van der Waals surface area contributed by atoms with Gasteiger partial charge in [0, 0.05) is 19.5 Å². The molecule has 2 aliphatic rings. The zero-order valence-corrected chi connectivity index (χ0v) is 13.2. The first kappa shape index (κ1) is 15.6. The van der Waals surface area contributed by atoms with Crippen LogP contribution in [0.3, 0.4) is 0 Å². The Balaban J connectivity index is 2.10. The maximum Gasteiger partial charge on any atom is 0.0816 e. The van der Waals surface area contributed by atoms with Crippen molar-refractivity contribution in [2.75, 3.05) is 25.2 Å². The first-order chi connectivity index (χ1) is 9.09. The lowest BCUT2D eigenvalue weighted by atomic mass is 9.75. The second-order valence-corrected chi connectivity index (χ2v) is 7.21. The molecule has 0 bridgehead atoms. The lowest BCUT2D eigenvalue weighted by molar-refractivity contribution is -0.113. The molecule has 0 aromatic heterocycles. The number of thioether (sulfide) groups is 1. The van der Waals surface area contributed by atoms with Gasteiger partial charge in [0.1, 0.15) is 0 Å². The molecule has 2 saturated heterocycles. The monoisotopic (exact) mass is 288 g/mol. The normalized spacial score (nSPS) is 36.3. The number of nitrogens with two attached hydrogens (primary N) is 1. The zero-order chi connectivity index (χ0) is 13.9. The minimum atomic E-state index is -0.205. The molecule has 1 spiro atoms. The van der Waals surface area contributed by atoms with Crippen molar-refractivity contribution >= 4 is 11.8 Å². The van der Waals surface area contributed by atoms with Crippen LogP contribution >= 0.6 is 11.8 Å². The highest BCUT2D eigenvalue weighted by atomic mass is 32.2. The summed E-state index contributed by atoms with van der Waals surface area (Å²) in [5, 5.41) is 0.